The zero-order valence-electron chi connectivity index (χ0n) is 14.9. The number of nitrogens with two attached hydrogens (primary N) is 2. The second-order valence-corrected chi connectivity index (χ2v) is 7.26. The van der Waals surface area contributed by atoms with Crippen LogP contribution >= 0.6 is 0 Å². The smallest absolute Gasteiger partial charge is 0.254 e. The van der Waals surface area contributed by atoms with Gasteiger partial charge in [0.05, 0.1) is 18.0 Å². The predicted octanol–water partition coefficient (Wildman–Crippen LogP) is 2.18. The van der Waals surface area contributed by atoms with Gasteiger partial charge in [-0.1, -0.05) is 25.5 Å². The van der Waals surface area contributed by atoms with Crippen molar-refractivity contribution < 1.29 is 9.90 Å². The summed E-state index contributed by atoms with van der Waals surface area (Å²) in [6.07, 6.45) is 8.09. The maximum atomic E-state index is 12.1. The quantitative estimate of drug-likeness (QED) is 0.781. The van der Waals surface area contributed by atoms with Crippen molar-refractivity contribution in [3.05, 3.63) is 35.2 Å². The first kappa shape index (κ1) is 16.8. The molecule has 1 saturated carbocycles. The number of aliphatic hydroxyl groups excluding tert-OH is 1. The highest BCUT2D eigenvalue weighted by Gasteiger charge is 2.31. The van der Waals surface area contributed by atoms with Crippen molar-refractivity contribution in [2.45, 2.75) is 45.1 Å². The molecule has 2 heterocycles. The Kier molecular flexibility index (Phi) is 3.84. The van der Waals surface area contributed by atoms with E-state index in [0.29, 0.717) is 17.1 Å². The number of aromatic nitrogens is 3. The summed E-state index contributed by atoms with van der Waals surface area (Å²) in [6.45, 7) is 3.86. The van der Waals surface area contributed by atoms with Crippen LogP contribution < -0.4 is 11.5 Å². The molecule has 2 aliphatic rings. The fraction of sp³-hybridized carbons (Fsp3) is 0.421. The van der Waals surface area contributed by atoms with Gasteiger partial charge in [0.15, 0.2) is 5.65 Å². The van der Waals surface area contributed by atoms with Crippen LogP contribution in [-0.2, 0) is 0 Å². The van der Waals surface area contributed by atoms with Gasteiger partial charge in [0.2, 0.25) is 0 Å². The van der Waals surface area contributed by atoms with Crippen molar-refractivity contribution in [2.24, 2.45) is 11.7 Å². The zero-order chi connectivity index (χ0) is 18.6. The monoisotopic (exact) mass is 353 g/mol. The Labute approximate surface area is 151 Å². The van der Waals surface area contributed by atoms with E-state index in [4.69, 9.17) is 16.5 Å². The van der Waals surface area contributed by atoms with Gasteiger partial charge < -0.3 is 16.6 Å². The number of allylic oxidation sites excluding steroid dienone is 2. The first-order chi connectivity index (χ1) is 12.4. The van der Waals surface area contributed by atoms with Crippen LogP contribution in [0.4, 0.5) is 5.82 Å². The summed E-state index contributed by atoms with van der Waals surface area (Å²) in [7, 11) is 0. The molecular formula is C19H23N5O2. The molecule has 2 aromatic heterocycles. The van der Waals surface area contributed by atoms with Crippen LogP contribution in [0.2, 0.25) is 0 Å². The first-order valence-electron chi connectivity index (χ1n) is 8.94. The lowest BCUT2D eigenvalue weighted by Gasteiger charge is -2.27. The molecule has 136 valence electrons. The van der Waals surface area contributed by atoms with Crippen LogP contribution in [0.25, 0.3) is 16.9 Å². The highest BCUT2D eigenvalue weighted by Crippen LogP contribution is 2.39. The molecule has 2 aliphatic carbocycles. The van der Waals surface area contributed by atoms with Gasteiger partial charge in [-0.05, 0) is 25.3 Å². The number of amides is 1. The summed E-state index contributed by atoms with van der Waals surface area (Å²) in [5.41, 5.74) is 15.7. The van der Waals surface area contributed by atoms with Gasteiger partial charge in [0.1, 0.15) is 16.9 Å². The van der Waals surface area contributed by atoms with Crippen molar-refractivity contribution in [3.8, 4) is 0 Å². The maximum absolute atomic E-state index is 12.1. The van der Waals surface area contributed by atoms with Crippen LogP contribution in [0.15, 0.2) is 23.9 Å². The number of nitrogens with zero attached hydrogens (tertiary/aromatic N) is 3. The van der Waals surface area contributed by atoms with Gasteiger partial charge in [0.25, 0.3) is 5.91 Å². The molecule has 4 rings (SSSR count). The summed E-state index contributed by atoms with van der Waals surface area (Å²) >= 11 is 0. The second-order valence-electron chi connectivity index (χ2n) is 7.26. The van der Waals surface area contributed by atoms with E-state index >= 15 is 0 Å². The first-order valence-corrected chi connectivity index (χ1v) is 8.94. The number of primary amides is 1. The highest BCUT2D eigenvalue weighted by atomic mass is 16.3. The molecule has 0 bridgehead atoms. The molecule has 0 saturated heterocycles. The SMILES string of the molecule is CC1=C(n2c(N)c(C(N)=O)c3nc(C4CCC4)cnc32)[C@H](C)[C@H](O)C=C1. The molecule has 1 fully saturated rings. The number of carbonyl (C=O) groups excluding carboxylic acids is 1. The normalized spacial score (nSPS) is 23.5. The minimum atomic E-state index is -0.634. The molecule has 5 N–H and O–H groups in total. The lowest BCUT2D eigenvalue weighted by Crippen LogP contribution is -2.24. The Morgan fingerprint density at radius 3 is 2.73 bits per heavy atom. The molecular weight excluding hydrogens is 330 g/mol. The summed E-state index contributed by atoms with van der Waals surface area (Å²) in [6, 6.07) is 0. The van der Waals surface area contributed by atoms with Crippen molar-refractivity contribution in [1.29, 1.82) is 0 Å². The summed E-state index contributed by atoms with van der Waals surface area (Å²) in [5, 5.41) is 10.3. The van der Waals surface area contributed by atoms with Crippen LogP contribution in [-0.4, -0.2) is 31.7 Å². The third-order valence-corrected chi connectivity index (χ3v) is 5.62. The third kappa shape index (κ3) is 2.34. The van der Waals surface area contributed by atoms with Crippen molar-refractivity contribution in [3.63, 3.8) is 0 Å². The second kappa shape index (κ2) is 5.95. The number of anilines is 1. The minimum Gasteiger partial charge on any atom is -0.388 e. The Hall–Kier alpha value is -2.67. The molecule has 2 aromatic rings. The van der Waals surface area contributed by atoms with E-state index in [1.807, 2.05) is 19.9 Å². The van der Waals surface area contributed by atoms with E-state index in [9.17, 15) is 9.90 Å². The molecule has 0 unspecified atom stereocenters. The van der Waals surface area contributed by atoms with E-state index in [-0.39, 0.29) is 17.3 Å². The largest absolute Gasteiger partial charge is 0.388 e. The average molecular weight is 353 g/mol. The van der Waals surface area contributed by atoms with Crippen molar-refractivity contribution >= 4 is 28.6 Å². The van der Waals surface area contributed by atoms with Gasteiger partial charge in [-0.3, -0.25) is 9.36 Å². The number of rotatable bonds is 3. The lowest BCUT2D eigenvalue weighted by atomic mass is 9.83. The van der Waals surface area contributed by atoms with Crippen molar-refractivity contribution in [1.82, 2.24) is 14.5 Å². The Bertz CT molecular complexity index is 968. The topological polar surface area (TPSA) is 120 Å². The number of fused-ring (bicyclic) bond motifs is 1. The van der Waals surface area contributed by atoms with E-state index in [2.05, 4.69) is 4.98 Å². The Balaban J connectivity index is 1.99. The molecule has 2 atom stereocenters. The minimum absolute atomic E-state index is 0.199. The molecule has 7 heteroatoms. The number of nitrogen functional groups attached to an aromatic ring is 1. The fourth-order valence-electron chi connectivity index (χ4n) is 3.86. The Morgan fingerprint density at radius 1 is 1.38 bits per heavy atom. The molecule has 0 spiro atoms. The maximum Gasteiger partial charge on any atom is 0.254 e. The van der Waals surface area contributed by atoms with E-state index in [0.717, 1.165) is 29.8 Å². The van der Waals surface area contributed by atoms with Crippen LogP contribution in [0.1, 0.15) is 55.1 Å². The van der Waals surface area contributed by atoms with Gasteiger partial charge in [-0.15, -0.1) is 0 Å². The molecule has 0 aliphatic heterocycles. The van der Waals surface area contributed by atoms with Gasteiger partial charge in [-0.2, -0.15) is 0 Å². The number of hydrogen-bond donors (Lipinski definition) is 3. The lowest BCUT2D eigenvalue weighted by molar-refractivity contribution is 0.100. The van der Waals surface area contributed by atoms with E-state index in [1.54, 1.807) is 16.8 Å². The number of carbonyl (C=O) groups is 1. The standard InChI is InChI=1S/C19H23N5O2/c1-9-6-7-13(25)10(2)16(9)24-17(20)14(18(21)26)15-19(24)22-8-12(23-15)11-4-3-5-11/h6-8,10-11,13,25H,3-5,20H2,1-2H3,(H2,21,26)/t10-,13-/m1/s1. The van der Waals surface area contributed by atoms with E-state index in [1.165, 1.54) is 6.42 Å². The summed E-state index contributed by atoms with van der Waals surface area (Å²) in [4.78, 5) is 21.4. The van der Waals surface area contributed by atoms with Crippen molar-refractivity contribution in [2.75, 3.05) is 5.73 Å². The fourth-order valence-corrected chi connectivity index (χ4v) is 3.86. The van der Waals surface area contributed by atoms with Crippen LogP contribution in [0.3, 0.4) is 0 Å². The average Bonchev–Trinajstić information content (AvgIpc) is 2.82. The molecule has 7 nitrogen and oxygen atoms in total. The van der Waals surface area contributed by atoms with Gasteiger partial charge >= 0.3 is 0 Å². The molecule has 1 amide bonds. The molecule has 0 radical (unpaired) electrons. The predicted molar refractivity (Wildman–Crippen MR) is 100 cm³/mol. The van der Waals surface area contributed by atoms with Crippen LogP contribution in [0, 0.1) is 5.92 Å². The number of hydrogen-bond acceptors (Lipinski definition) is 5. The summed E-state index contributed by atoms with van der Waals surface area (Å²) in [5.74, 6) is -0.214. The Morgan fingerprint density at radius 2 is 2.12 bits per heavy atom. The zero-order valence-corrected chi connectivity index (χ0v) is 14.9. The number of aliphatic hydroxyl groups is 1. The molecule has 26 heavy (non-hydrogen) atoms. The van der Waals surface area contributed by atoms with Gasteiger partial charge in [0, 0.05) is 17.5 Å². The third-order valence-electron chi connectivity index (χ3n) is 5.62. The van der Waals surface area contributed by atoms with Gasteiger partial charge in [-0.25, -0.2) is 9.97 Å². The van der Waals surface area contributed by atoms with Crippen LogP contribution in [0.5, 0.6) is 0 Å². The molecule has 0 aromatic carbocycles. The summed E-state index contributed by atoms with van der Waals surface area (Å²) < 4.78 is 1.72. The highest BCUT2D eigenvalue weighted by molar-refractivity contribution is 6.10. The van der Waals surface area contributed by atoms with E-state index < -0.39 is 12.0 Å².